The summed E-state index contributed by atoms with van der Waals surface area (Å²) in [6.07, 6.45) is 1.99. The van der Waals surface area contributed by atoms with Crippen molar-refractivity contribution in [3.8, 4) is 11.3 Å². The van der Waals surface area contributed by atoms with Crippen molar-refractivity contribution in [2.45, 2.75) is 39.7 Å². The highest BCUT2D eigenvalue weighted by Crippen LogP contribution is 2.32. The molecule has 1 N–H and O–H groups in total. The van der Waals surface area contributed by atoms with E-state index in [1.165, 1.54) is 11.1 Å². The number of nitrogens with zero attached hydrogens (tertiary/aromatic N) is 2. The van der Waals surface area contributed by atoms with Crippen LogP contribution in [0.2, 0.25) is 0 Å². The molecule has 1 amide bonds. The van der Waals surface area contributed by atoms with E-state index in [1.807, 2.05) is 31.2 Å². The standard InChI is InChI=1S/C25H29N3O/c1-16-9-10-17(2)21(15-16)24-18(3)23(20-7-5-6-8-22(20)27-24)25(29)26-19-11-13-28(4)14-12-19/h5-10,15,19H,11-14H2,1-4H3,(H,26,29). The summed E-state index contributed by atoms with van der Waals surface area (Å²) in [5.74, 6) is 0.0159. The molecule has 2 aromatic carbocycles. The van der Waals surface area contributed by atoms with Crippen LogP contribution in [0.15, 0.2) is 42.5 Å². The van der Waals surface area contributed by atoms with Crippen molar-refractivity contribution >= 4 is 16.8 Å². The van der Waals surface area contributed by atoms with Gasteiger partial charge in [-0.15, -0.1) is 0 Å². The maximum absolute atomic E-state index is 13.4. The largest absolute Gasteiger partial charge is 0.349 e. The minimum atomic E-state index is 0.0159. The number of likely N-dealkylation sites (tertiary alicyclic amines) is 1. The lowest BCUT2D eigenvalue weighted by Crippen LogP contribution is -2.43. The van der Waals surface area contributed by atoms with Crippen molar-refractivity contribution < 1.29 is 4.79 Å². The molecule has 2 heterocycles. The van der Waals surface area contributed by atoms with Gasteiger partial charge in [-0.2, -0.15) is 0 Å². The van der Waals surface area contributed by atoms with Gasteiger partial charge >= 0.3 is 0 Å². The Morgan fingerprint density at radius 2 is 1.79 bits per heavy atom. The van der Waals surface area contributed by atoms with Gasteiger partial charge in [-0.05, 0) is 77.0 Å². The highest BCUT2D eigenvalue weighted by atomic mass is 16.1. The summed E-state index contributed by atoms with van der Waals surface area (Å²) in [5, 5.41) is 4.22. The van der Waals surface area contributed by atoms with Crippen LogP contribution in [0.5, 0.6) is 0 Å². The second-order valence-corrected chi connectivity index (χ2v) is 8.35. The van der Waals surface area contributed by atoms with E-state index in [4.69, 9.17) is 4.98 Å². The number of carbonyl (C=O) groups is 1. The molecular formula is C25H29N3O. The summed E-state index contributed by atoms with van der Waals surface area (Å²) in [6, 6.07) is 14.6. The molecule has 1 aliphatic rings. The lowest BCUT2D eigenvalue weighted by Gasteiger charge is -2.29. The van der Waals surface area contributed by atoms with Gasteiger partial charge in [0.15, 0.2) is 0 Å². The topological polar surface area (TPSA) is 45.2 Å². The maximum Gasteiger partial charge on any atom is 0.252 e. The van der Waals surface area contributed by atoms with Gasteiger partial charge in [-0.25, -0.2) is 4.98 Å². The molecule has 150 valence electrons. The van der Waals surface area contributed by atoms with E-state index in [9.17, 15) is 4.79 Å². The van der Waals surface area contributed by atoms with Crippen LogP contribution in [-0.4, -0.2) is 42.0 Å². The maximum atomic E-state index is 13.4. The lowest BCUT2D eigenvalue weighted by molar-refractivity contribution is 0.0918. The Kier molecular flexibility index (Phi) is 5.37. The first-order valence-corrected chi connectivity index (χ1v) is 10.4. The van der Waals surface area contributed by atoms with Crippen molar-refractivity contribution in [1.29, 1.82) is 0 Å². The number of benzene rings is 2. The Bertz CT molecular complexity index is 1070. The third-order valence-electron chi connectivity index (χ3n) is 6.06. The number of nitrogens with one attached hydrogen (secondary N) is 1. The third-order valence-corrected chi connectivity index (χ3v) is 6.06. The summed E-state index contributed by atoms with van der Waals surface area (Å²) < 4.78 is 0. The molecule has 29 heavy (non-hydrogen) atoms. The highest BCUT2D eigenvalue weighted by Gasteiger charge is 2.23. The Hall–Kier alpha value is -2.72. The average Bonchev–Trinajstić information content (AvgIpc) is 2.71. The number of pyridine rings is 1. The van der Waals surface area contributed by atoms with Gasteiger partial charge in [0.25, 0.3) is 5.91 Å². The van der Waals surface area contributed by atoms with Crippen LogP contribution in [0.1, 0.15) is 39.9 Å². The molecule has 0 saturated carbocycles. The van der Waals surface area contributed by atoms with Crippen LogP contribution >= 0.6 is 0 Å². The first kappa shape index (κ1) is 19.6. The fourth-order valence-electron chi connectivity index (χ4n) is 4.26. The smallest absolute Gasteiger partial charge is 0.252 e. The van der Waals surface area contributed by atoms with E-state index in [2.05, 4.69) is 49.3 Å². The zero-order valence-electron chi connectivity index (χ0n) is 17.7. The number of aryl methyl sites for hydroxylation is 2. The molecule has 1 aromatic heterocycles. The molecule has 4 nitrogen and oxygen atoms in total. The van der Waals surface area contributed by atoms with E-state index >= 15 is 0 Å². The fraction of sp³-hybridized carbons (Fsp3) is 0.360. The number of hydrogen-bond donors (Lipinski definition) is 1. The summed E-state index contributed by atoms with van der Waals surface area (Å²) in [6.45, 7) is 8.26. The van der Waals surface area contributed by atoms with Crippen molar-refractivity contribution in [2.24, 2.45) is 0 Å². The summed E-state index contributed by atoms with van der Waals surface area (Å²) in [5.41, 5.74) is 6.93. The molecule has 4 heteroatoms. The first-order valence-electron chi connectivity index (χ1n) is 10.4. The van der Waals surface area contributed by atoms with E-state index in [1.54, 1.807) is 0 Å². The summed E-state index contributed by atoms with van der Waals surface area (Å²) >= 11 is 0. The molecule has 0 radical (unpaired) electrons. The van der Waals surface area contributed by atoms with Gasteiger partial charge in [0.1, 0.15) is 0 Å². The van der Waals surface area contributed by atoms with Crippen LogP contribution < -0.4 is 5.32 Å². The predicted octanol–water partition coefficient (Wildman–Crippen LogP) is 4.65. The van der Waals surface area contributed by atoms with Gasteiger partial charge in [-0.3, -0.25) is 4.79 Å². The van der Waals surface area contributed by atoms with E-state index in [0.717, 1.165) is 59.2 Å². The van der Waals surface area contributed by atoms with E-state index in [-0.39, 0.29) is 11.9 Å². The molecule has 4 rings (SSSR count). The zero-order chi connectivity index (χ0) is 20.5. The second kappa shape index (κ2) is 7.96. The molecule has 3 aromatic rings. The minimum Gasteiger partial charge on any atom is -0.349 e. The van der Waals surface area contributed by atoms with Crippen LogP contribution in [-0.2, 0) is 0 Å². The van der Waals surface area contributed by atoms with Crippen LogP contribution in [0, 0.1) is 20.8 Å². The summed E-state index contributed by atoms with van der Waals surface area (Å²) in [4.78, 5) is 20.7. The predicted molar refractivity (Wildman–Crippen MR) is 119 cm³/mol. The van der Waals surface area contributed by atoms with Crippen molar-refractivity contribution in [1.82, 2.24) is 15.2 Å². The molecule has 1 fully saturated rings. The molecule has 0 spiro atoms. The van der Waals surface area contributed by atoms with E-state index in [0.29, 0.717) is 0 Å². The minimum absolute atomic E-state index is 0.0159. The van der Waals surface area contributed by atoms with Crippen molar-refractivity contribution in [3.05, 3.63) is 64.7 Å². The van der Waals surface area contributed by atoms with Gasteiger partial charge < -0.3 is 10.2 Å². The number of amides is 1. The van der Waals surface area contributed by atoms with E-state index < -0.39 is 0 Å². The monoisotopic (exact) mass is 387 g/mol. The first-order chi connectivity index (χ1) is 13.9. The normalized spacial score (nSPS) is 15.6. The van der Waals surface area contributed by atoms with Crippen LogP contribution in [0.3, 0.4) is 0 Å². The average molecular weight is 388 g/mol. The van der Waals surface area contributed by atoms with Gasteiger partial charge in [-0.1, -0.05) is 35.9 Å². The van der Waals surface area contributed by atoms with Gasteiger partial charge in [0, 0.05) is 17.0 Å². The van der Waals surface area contributed by atoms with Crippen molar-refractivity contribution in [3.63, 3.8) is 0 Å². The number of para-hydroxylation sites is 1. The molecule has 1 saturated heterocycles. The second-order valence-electron chi connectivity index (χ2n) is 8.35. The Balaban J connectivity index is 1.81. The Labute approximate surface area is 173 Å². The van der Waals surface area contributed by atoms with Crippen molar-refractivity contribution in [2.75, 3.05) is 20.1 Å². The number of fused-ring (bicyclic) bond motifs is 1. The molecular weight excluding hydrogens is 358 g/mol. The Morgan fingerprint density at radius 1 is 1.07 bits per heavy atom. The number of carbonyl (C=O) groups excluding carboxylic acids is 1. The molecule has 0 unspecified atom stereocenters. The van der Waals surface area contributed by atoms with Gasteiger partial charge in [0.05, 0.1) is 16.8 Å². The Morgan fingerprint density at radius 3 is 2.55 bits per heavy atom. The lowest BCUT2D eigenvalue weighted by atomic mass is 9.94. The molecule has 0 atom stereocenters. The SMILES string of the molecule is Cc1ccc(C)c(-c2nc3ccccc3c(C(=O)NC3CCN(C)CC3)c2C)c1. The molecule has 0 bridgehead atoms. The zero-order valence-corrected chi connectivity index (χ0v) is 17.7. The van der Waals surface area contributed by atoms with Crippen LogP contribution in [0.4, 0.5) is 0 Å². The molecule has 1 aliphatic heterocycles. The number of rotatable bonds is 3. The highest BCUT2D eigenvalue weighted by molar-refractivity contribution is 6.09. The molecule has 0 aliphatic carbocycles. The van der Waals surface area contributed by atoms with Gasteiger partial charge in [0.2, 0.25) is 0 Å². The number of piperidine rings is 1. The number of aromatic nitrogens is 1. The summed E-state index contributed by atoms with van der Waals surface area (Å²) in [7, 11) is 2.13. The number of hydrogen-bond acceptors (Lipinski definition) is 3. The van der Waals surface area contributed by atoms with Crippen LogP contribution in [0.25, 0.3) is 22.2 Å². The third kappa shape index (κ3) is 3.90. The fourth-order valence-corrected chi connectivity index (χ4v) is 4.26. The quantitative estimate of drug-likeness (QED) is 0.711.